The molecule has 4 aromatic rings. The number of nitrogens with zero attached hydrogens (tertiary/aromatic N) is 3. The third-order valence-electron chi connectivity index (χ3n) is 5.29. The van der Waals surface area contributed by atoms with Crippen molar-refractivity contribution in [3.63, 3.8) is 0 Å². The predicted octanol–water partition coefficient (Wildman–Crippen LogP) is 7.31. The van der Waals surface area contributed by atoms with Gasteiger partial charge in [-0.25, -0.2) is 4.99 Å². The fraction of sp³-hybridized carbons (Fsp3) is 0.160. The van der Waals surface area contributed by atoms with Crippen LogP contribution in [-0.2, 0) is 6.42 Å². The van der Waals surface area contributed by atoms with Crippen molar-refractivity contribution in [1.29, 1.82) is 0 Å². The first kappa shape index (κ1) is 22.2. The number of hydrogen-bond donors (Lipinski definition) is 0. The maximum atomic E-state index is 11.5. The van der Waals surface area contributed by atoms with Crippen molar-refractivity contribution >= 4 is 38.6 Å². The summed E-state index contributed by atoms with van der Waals surface area (Å²) in [7, 11) is 0. The Morgan fingerprint density at radius 3 is 2.56 bits per heavy atom. The average molecular weight is 508 g/mol. The lowest BCUT2D eigenvalue weighted by Crippen LogP contribution is -2.20. The molecule has 3 aromatic carbocycles. The minimum Gasteiger partial charge on any atom is -0.314 e. The van der Waals surface area contributed by atoms with E-state index in [-0.39, 0.29) is 16.7 Å². The van der Waals surface area contributed by atoms with E-state index in [9.17, 15) is 10.1 Å². The van der Waals surface area contributed by atoms with Gasteiger partial charge in [-0.1, -0.05) is 70.5 Å². The third-order valence-corrected chi connectivity index (χ3v) is 6.62. The number of nitro benzene ring substituents is 1. The summed E-state index contributed by atoms with van der Waals surface area (Å²) in [5.74, 6) is 0. The minimum atomic E-state index is -0.384. The second-order valence-electron chi connectivity index (χ2n) is 7.51. The number of aromatic nitrogens is 1. The quantitative estimate of drug-likeness (QED) is 0.194. The van der Waals surface area contributed by atoms with Gasteiger partial charge in [-0.2, -0.15) is 0 Å². The van der Waals surface area contributed by atoms with Crippen LogP contribution in [0.3, 0.4) is 0 Å². The highest BCUT2D eigenvalue weighted by Crippen LogP contribution is 2.30. The largest absolute Gasteiger partial charge is 0.314 e. The van der Waals surface area contributed by atoms with Crippen LogP contribution in [0.4, 0.5) is 11.4 Å². The van der Waals surface area contributed by atoms with Gasteiger partial charge < -0.3 is 4.57 Å². The molecule has 0 fully saturated rings. The van der Waals surface area contributed by atoms with Gasteiger partial charge in [0.25, 0.3) is 5.69 Å². The SMILES string of the molecule is CC(CCc1ccccc1)n1c(-c2cccc(Br)c2)csc1=Nc1ccccc1[N+](=O)[O-]. The Bertz CT molecular complexity index is 1300. The van der Waals surface area contributed by atoms with E-state index in [1.807, 2.05) is 18.2 Å². The Balaban J connectivity index is 1.80. The lowest BCUT2D eigenvalue weighted by Gasteiger charge is -2.18. The summed E-state index contributed by atoms with van der Waals surface area (Å²) in [5, 5.41) is 13.6. The number of aryl methyl sites for hydroxylation is 1. The van der Waals surface area contributed by atoms with E-state index in [1.54, 1.807) is 18.2 Å². The fourth-order valence-electron chi connectivity index (χ4n) is 3.65. The summed E-state index contributed by atoms with van der Waals surface area (Å²) in [4.78, 5) is 16.6. The van der Waals surface area contributed by atoms with Crippen LogP contribution in [0.5, 0.6) is 0 Å². The van der Waals surface area contributed by atoms with Gasteiger partial charge in [0.05, 0.1) is 10.6 Å². The second kappa shape index (κ2) is 10.1. The van der Waals surface area contributed by atoms with E-state index >= 15 is 0 Å². The molecule has 0 spiro atoms. The van der Waals surface area contributed by atoms with Crippen LogP contribution in [0.25, 0.3) is 11.3 Å². The zero-order valence-corrected chi connectivity index (χ0v) is 19.9. The molecular formula is C25H22BrN3O2S. The van der Waals surface area contributed by atoms with Crippen molar-refractivity contribution < 1.29 is 4.92 Å². The van der Waals surface area contributed by atoms with Crippen LogP contribution in [0.15, 0.2) is 93.7 Å². The molecule has 0 aliphatic rings. The van der Waals surface area contributed by atoms with Gasteiger partial charge in [-0.05, 0) is 43.5 Å². The Morgan fingerprint density at radius 2 is 1.81 bits per heavy atom. The van der Waals surface area contributed by atoms with Crippen molar-refractivity contribution in [2.24, 2.45) is 4.99 Å². The van der Waals surface area contributed by atoms with E-state index in [4.69, 9.17) is 4.99 Å². The number of hydrogen-bond acceptors (Lipinski definition) is 4. The number of thiazole rings is 1. The molecule has 0 bridgehead atoms. The Kier molecular flexibility index (Phi) is 6.97. The molecule has 1 heterocycles. The van der Waals surface area contributed by atoms with E-state index in [1.165, 1.54) is 23.0 Å². The standard InChI is InChI=1S/C25H22BrN3O2S/c1-18(14-15-19-8-3-2-4-9-19)28-24(20-10-7-11-21(26)16-20)17-32-25(28)27-22-12-5-6-13-23(22)29(30)31/h2-13,16-18H,14-15H2,1H3. The number of benzene rings is 3. The topological polar surface area (TPSA) is 60.4 Å². The number of nitro groups is 1. The fourth-order valence-corrected chi connectivity index (χ4v) is 5.06. The minimum absolute atomic E-state index is 0.00777. The highest BCUT2D eigenvalue weighted by molar-refractivity contribution is 9.10. The monoisotopic (exact) mass is 507 g/mol. The molecule has 32 heavy (non-hydrogen) atoms. The zero-order chi connectivity index (χ0) is 22.5. The van der Waals surface area contributed by atoms with E-state index < -0.39 is 0 Å². The van der Waals surface area contributed by atoms with Crippen LogP contribution >= 0.6 is 27.3 Å². The lowest BCUT2D eigenvalue weighted by atomic mass is 10.1. The predicted molar refractivity (Wildman–Crippen MR) is 133 cm³/mol. The van der Waals surface area contributed by atoms with Crippen molar-refractivity contribution in [2.45, 2.75) is 25.8 Å². The molecule has 0 saturated heterocycles. The maximum Gasteiger partial charge on any atom is 0.294 e. The first-order valence-electron chi connectivity index (χ1n) is 10.3. The van der Waals surface area contributed by atoms with E-state index in [2.05, 4.69) is 69.2 Å². The maximum absolute atomic E-state index is 11.5. The van der Waals surface area contributed by atoms with Crippen LogP contribution in [0, 0.1) is 10.1 Å². The summed E-state index contributed by atoms with van der Waals surface area (Å²) in [6, 6.07) is 25.3. The number of para-hydroxylation sites is 2. The van der Waals surface area contributed by atoms with Gasteiger partial charge in [0.15, 0.2) is 4.80 Å². The van der Waals surface area contributed by atoms with E-state index in [0.29, 0.717) is 5.69 Å². The van der Waals surface area contributed by atoms with Crippen LogP contribution in [0.2, 0.25) is 0 Å². The third kappa shape index (κ3) is 5.06. The van der Waals surface area contributed by atoms with Gasteiger partial charge in [-0.3, -0.25) is 10.1 Å². The molecule has 1 atom stereocenters. The van der Waals surface area contributed by atoms with Crippen molar-refractivity contribution in [3.8, 4) is 11.3 Å². The Labute approximate surface area is 199 Å². The van der Waals surface area contributed by atoms with Gasteiger partial charge >= 0.3 is 0 Å². The molecule has 0 saturated carbocycles. The van der Waals surface area contributed by atoms with Gasteiger partial charge in [0.2, 0.25) is 0 Å². The molecule has 0 amide bonds. The molecule has 162 valence electrons. The normalized spacial score (nSPS) is 12.6. The zero-order valence-electron chi connectivity index (χ0n) is 17.5. The summed E-state index contributed by atoms with van der Waals surface area (Å²) < 4.78 is 3.20. The second-order valence-corrected chi connectivity index (χ2v) is 9.27. The van der Waals surface area contributed by atoms with Crippen LogP contribution < -0.4 is 4.80 Å². The lowest BCUT2D eigenvalue weighted by molar-refractivity contribution is -0.384. The molecule has 0 radical (unpaired) electrons. The summed E-state index contributed by atoms with van der Waals surface area (Å²) in [5.41, 5.74) is 3.79. The first-order chi connectivity index (χ1) is 15.5. The van der Waals surface area contributed by atoms with Gasteiger partial charge in [0.1, 0.15) is 5.69 Å². The molecular weight excluding hydrogens is 486 g/mol. The first-order valence-corrected chi connectivity index (χ1v) is 12.0. The number of rotatable bonds is 7. The highest BCUT2D eigenvalue weighted by atomic mass is 79.9. The van der Waals surface area contributed by atoms with Crippen LogP contribution in [0.1, 0.15) is 24.9 Å². The molecule has 0 aliphatic heterocycles. The van der Waals surface area contributed by atoms with Crippen LogP contribution in [-0.4, -0.2) is 9.49 Å². The summed E-state index contributed by atoms with van der Waals surface area (Å²) in [6.07, 6.45) is 1.86. The molecule has 1 aromatic heterocycles. The molecule has 0 aliphatic carbocycles. The Morgan fingerprint density at radius 1 is 1.06 bits per heavy atom. The highest BCUT2D eigenvalue weighted by Gasteiger charge is 2.17. The Hall–Kier alpha value is -3.03. The molecule has 7 heteroatoms. The molecule has 5 nitrogen and oxygen atoms in total. The summed E-state index contributed by atoms with van der Waals surface area (Å²) in [6.45, 7) is 2.18. The number of halogens is 1. The smallest absolute Gasteiger partial charge is 0.294 e. The van der Waals surface area contributed by atoms with Crippen molar-refractivity contribution in [1.82, 2.24) is 4.57 Å². The average Bonchev–Trinajstić information content (AvgIpc) is 3.22. The van der Waals surface area contributed by atoms with E-state index in [0.717, 1.165) is 33.4 Å². The van der Waals surface area contributed by atoms with Gasteiger partial charge in [-0.15, -0.1) is 11.3 Å². The van der Waals surface area contributed by atoms with Crippen molar-refractivity contribution in [2.75, 3.05) is 0 Å². The molecule has 1 unspecified atom stereocenters. The van der Waals surface area contributed by atoms with Crippen molar-refractivity contribution in [3.05, 3.63) is 109 Å². The summed E-state index contributed by atoms with van der Waals surface area (Å²) >= 11 is 5.06. The van der Waals surface area contributed by atoms with Gasteiger partial charge in [0, 0.05) is 27.5 Å². The molecule has 4 rings (SSSR count). The molecule has 0 N–H and O–H groups in total.